The summed E-state index contributed by atoms with van der Waals surface area (Å²) >= 11 is 0. The number of aromatic nitrogens is 1. The van der Waals surface area contributed by atoms with Gasteiger partial charge in [-0.05, 0) is 30.9 Å². The van der Waals surface area contributed by atoms with Crippen LogP contribution in [0.3, 0.4) is 0 Å². The molecule has 1 aromatic rings. The predicted octanol–water partition coefficient (Wildman–Crippen LogP) is 1.83. The first-order valence-corrected chi connectivity index (χ1v) is 5.55. The SMILES string of the molecule is NC(CNc1ccc(OC(F)F)cn1)C1CC1. The maximum Gasteiger partial charge on any atom is 0.387 e. The molecule has 0 saturated heterocycles. The molecule has 0 bridgehead atoms. The average molecular weight is 243 g/mol. The van der Waals surface area contributed by atoms with Gasteiger partial charge in [0.1, 0.15) is 11.6 Å². The van der Waals surface area contributed by atoms with Gasteiger partial charge in [0.15, 0.2) is 0 Å². The number of pyridine rings is 1. The normalized spacial score (nSPS) is 16.9. The van der Waals surface area contributed by atoms with E-state index in [-0.39, 0.29) is 11.8 Å². The third-order valence-electron chi connectivity index (χ3n) is 2.71. The van der Waals surface area contributed by atoms with Gasteiger partial charge in [-0.2, -0.15) is 8.78 Å². The Hall–Kier alpha value is -1.43. The highest BCUT2D eigenvalue weighted by molar-refractivity contribution is 5.37. The zero-order valence-electron chi connectivity index (χ0n) is 9.27. The van der Waals surface area contributed by atoms with Crippen molar-refractivity contribution >= 4 is 5.82 Å². The molecule has 1 fully saturated rings. The molecule has 0 aromatic carbocycles. The second kappa shape index (κ2) is 5.27. The van der Waals surface area contributed by atoms with Crippen molar-refractivity contribution in [3.05, 3.63) is 18.3 Å². The number of ether oxygens (including phenoxy) is 1. The van der Waals surface area contributed by atoms with Crippen LogP contribution in [-0.4, -0.2) is 24.2 Å². The highest BCUT2D eigenvalue weighted by Gasteiger charge is 2.28. The molecule has 0 radical (unpaired) electrons. The monoisotopic (exact) mass is 243 g/mol. The van der Waals surface area contributed by atoms with Crippen molar-refractivity contribution in [2.75, 3.05) is 11.9 Å². The lowest BCUT2D eigenvalue weighted by atomic mass is 10.2. The molecule has 1 unspecified atom stereocenters. The number of alkyl halides is 2. The van der Waals surface area contributed by atoms with Gasteiger partial charge in [0.25, 0.3) is 0 Å². The molecular weight excluding hydrogens is 228 g/mol. The smallest absolute Gasteiger partial charge is 0.387 e. The van der Waals surface area contributed by atoms with Crippen molar-refractivity contribution in [1.82, 2.24) is 4.98 Å². The number of nitrogens with two attached hydrogens (primary N) is 1. The molecule has 6 heteroatoms. The van der Waals surface area contributed by atoms with Gasteiger partial charge in [-0.15, -0.1) is 0 Å². The number of hydrogen-bond acceptors (Lipinski definition) is 4. The number of anilines is 1. The molecular formula is C11H15F2N3O. The molecule has 1 atom stereocenters. The fraction of sp³-hybridized carbons (Fsp3) is 0.545. The summed E-state index contributed by atoms with van der Waals surface area (Å²) in [4.78, 5) is 3.96. The van der Waals surface area contributed by atoms with Crippen LogP contribution in [-0.2, 0) is 0 Å². The lowest BCUT2D eigenvalue weighted by Crippen LogP contribution is -2.31. The van der Waals surface area contributed by atoms with Gasteiger partial charge < -0.3 is 15.8 Å². The minimum atomic E-state index is -2.82. The van der Waals surface area contributed by atoms with E-state index in [1.165, 1.54) is 25.1 Å². The quantitative estimate of drug-likeness (QED) is 0.800. The van der Waals surface area contributed by atoms with E-state index in [0.717, 1.165) is 0 Å². The second-order valence-corrected chi connectivity index (χ2v) is 4.14. The highest BCUT2D eigenvalue weighted by Crippen LogP contribution is 2.31. The zero-order valence-corrected chi connectivity index (χ0v) is 9.27. The molecule has 94 valence electrons. The Morgan fingerprint density at radius 3 is 2.76 bits per heavy atom. The number of halogens is 2. The van der Waals surface area contributed by atoms with Gasteiger partial charge in [0.05, 0.1) is 6.20 Å². The van der Waals surface area contributed by atoms with Crippen LogP contribution in [0.25, 0.3) is 0 Å². The van der Waals surface area contributed by atoms with E-state index >= 15 is 0 Å². The number of nitrogens with zero attached hydrogens (tertiary/aromatic N) is 1. The first kappa shape index (κ1) is 12.0. The van der Waals surface area contributed by atoms with Crippen molar-refractivity contribution < 1.29 is 13.5 Å². The van der Waals surface area contributed by atoms with E-state index in [2.05, 4.69) is 15.0 Å². The minimum absolute atomic E-state index is 0.0528. The van der Waals surface area contributed by atoms with Crippen molar-refractivity contribution in [1.29, 1.82) is 0 Å². The van der Waals surface area contributed by atoms with Gasteiger partial charge >= 0.3 is 6.61 Å². The Morgan fingerprint density at radius 1 is 1.47 bits per heavy atom. The average Bonchev–Trinajstić information content (AvgIpc) is 3.11. The van der Waals surface area contributed by atoms with Crippen LogP contribution in [0.15, 0.2) is 18.3 Å². The molecule has 0 spiro atoms. The molecule has 1 saturated carbocycles. The molecule has 1 aromatic heterocycles. The summed E-state index contributed by atoms with van der Waals surface area (Å²) < 4.78 is 28.0. The van der Waals surface area contributed by atoms with Gasteiger partial charge in [-0.25, -0.2) is 4.98 Å². The summed E-state index contributed by atoms with van der Waals surface area (Å²) in [5.41, 5.74) is 5.91. The predicted molar refractivity (Wildman–Crippen MR) is 60.1 cm³/mol. The van der Waals surface area contributed by atoms with Crippen molar-refractivity contribution in [2.45, 2.75) is 25.5 Å². The number of hydrogen-bond donors (Lipinski definition) is 2. The summed E-state index contributed by atoms with van der Waals surface area (Å²) in [6, 6.07) is 3.18. The van der Waals surface area contributed by atoms with Crippen LogP contribution in [0.2, 0.25) is 0 Å². The van der Waals surface area contributed by atoms with Crippen molar-refractivity contribution in [3.63, 3.8) is 0 Å². The van der Waals surface area contributed by atoms with E-state index < -0.39 is 6.61 Å². The molecule has 1 aliphatic rings. The van der Waals surface area contributed by atoms with Crippen LogP contribution >= 0.6 is 0 Å². The van der Waals surface area contributed by atoms with Crippen molar-refractivity contribution in [3.8, 4) is 5.75 Å². The second-order valence-electron chi connectivity index (χ2n) is 4.14. The topological polar surface area (TPSA) is 60.2 Å². The van der Waals surface area contributed by atoms with Crippen molar-refractivity contribution in [2.24, 2.45) is 11.7 Å². The maximum atomic E-state index is 11.9. The molecule has 2 rings (SSSR count). The lowest BCUT2D eigenvalue weighted by Gasteiger charge is -2.12. The number of nitrogens with one attached hydrogen (secondary N) is 1. The first-order valence-electron chi connectivity index (χ1n) is 5.55. The Labute approximate surface area is 98.2 Å². The molecule has 1 aliphatic carbocycles. The zero-order chi connectivity index (χ0) is 12.3. The van der Waals surface area contributed by atoms with E-state index in [0.29, 0.717) is 18.3 Å². The lowest BCUT2D eigenvalue weighted by molar-refractivity contribution is -0.0500. The largest absolute Gasteiger partial charge is 0.433 e. The van der Waals surface area contributed by atoms with Gasteiger partial charge in [0.2, 0.25) is 0 Å². The summed E-state index contributed by atoms with van der Waals surface area (Å²) in [7, 11) is 0. The van der Waals surface area contributed by atoms with Crippen LogP contribution in [0.4, 0.5) is 14.6 Å². The summed E-state index contributed by atoms with van der Waals surface area (Å²) in [6.07, 6.45) is 3.64. The summed E-state index contributed by atoms with van der Waals surface area (Å²) in [5.74, 6) is 1.28. The highest BCUT2D eigenvalue weighted by atomic mass is 19.3. The van der Waals surface area contributed by atoms with Crippen LogP contribution in [0.5, 0.6) is 5.75 Å². The van der Waals surface area contributed by atoms with Gasteiger partial charge in [-0.1, -0.05) is 0 Å². The molecule has 17 heavy (non-hydrogen) atoms. The van der Waals surface area contributed by atoms with Gasteiger partial charge in [-0.3, -0.25) is 0 Å². The minimum Gasteiger partial charge on any atom is -0.433 e. The standard InChI is InChI=1S/C11H15F2N3O/c12-11(13)17-8-3-4-10(15-5-8)16-6-9(14)7-1-2-7/h3-5,7,9,11H,1-2,6,14H2,(H,15,16). The van der Waals surface area contributed by atoms with E-state index in [1.807, 2.05) is 0 Å². The van der Waals surface area contributed by atoms with Crippen LogP contribution in [0, 0.1) is 5.92 Å². The van der Waals surface area contributed by atoms with Crippen LogP contribution in [0.1, 0.15) is 12.8 Å². The Balaban J connectivity index is 1.80. The molecule has 4 nitrogen and oxygen atoms in total. The first-order chi connectivity index (χ1) is 8.15. The Kier molecular flexibility index (Phi) is 3.73. The summed E-state index contributed by atoms with van der Waals surface area (Å²) in [6.45, 7) is -2.17. The molecule has 3 N–H and O–H groups in total. The van der Waals surface area contributed by atoms with E-state index in [4.69, 9.17) is 5.73 Å². The summed E-state index contributed by atoms with van der Waals surface area (Å²) in [5, 5.41) is 3.07. The number of rotatable bonds is 6. The van der Waals surface area contributed by atoms with Gasteiger partial charge in [0, 0.05) is 12.6 Å². The fourth-order valence-electron chi connectivity index (χ4n) is 1.57. The molecule has 0 aliphatic heterocycles. The van der Waals surface area contributed by atoms with E-state index in [1.54, 1.807) is 6.07 Å². The van der Waals surface area contributed by atoms with E-state index in [9.17, 15) is 8.78 Å². The third kappa shape index (κ3) is 3.81. The fourth-order valence-corrected chi connectivity index (χ4v) is 1.57. The Bertz CT molecular complexity index is 354. The maximum absolute atomic E-state index is 11.9. The third-order valence-corrected chi connectivity index (χ3v) is 2.71. The van der Waals surface area contributed by atoms with Crippen LogP contribution < -0.4 is 15.8 Å². The molecule has 0 amide bonds. The molecule has 1 heterocycles. The Morgan fingerprint density at radius 2 is 2.24 bits per heavy atom.